The molecule has 1 aliphatic rings. The van der Waals surface area contributed by atoms with Crippen LogP contribution in [0.5, 0.6) is 0 Å². The lowest BCUT2D eigenvalue weighted by Gasteiger charge is -2.15. The van der Waals surface area contributed by atoms with E-state index in [1.54, 1.807) is 16.9 Å². The number of halogens is 3. The van der Waals surface area contributed by atoms with Crippen LogP contribution in [0.25, 0.3) is 0 Å². The van der Waals surface area contributed by atoms with Crippen LogP contribution in [-0.4, -0.2) is 31.8 Å². The summed E-state index contributed by atoms with van der Waals surface area (Å²) in [6.45, 7) is 0.828. The standard InChI is InChI=1S/C14H17F3N6O/c1-9(10-2-3-10)23-12(4-6-18-23)20-13(24)19-11-5-7-22(21-11)8-14(15,16)17/h4-7,9-10H,2-3,8H2,1H3,(H2,19,20,21,24). The second-order valence-electron chi connectivity index (χ2n) is 5.83. The van der Waals surface area contributed by atoms with Crippen LogP contribution in [0, 0.1) is 5.92 Å². The molecule has 0 bridgehead atoms. The Labute approximate surface area is 135 Å². The van der Waals surface area contributed by atoms with Gasteiger partial charge in [-0.3, -0.25) is 15.3 Å². The second-order valence-corrected chi connectivity index (χ2v) is 5.83. The number of nitrogens with one attached hydrogen (secondary N) is 2. The molecule has 7 nitrogen and oxygen atoms in total. The molecule has 130 valence electrons. The van der Waals surface area contributed by atoms with E-state index < -0.39 is 18.8 Å². The van der Waals surface area contributed by atoms with Crippen molar-refractivity contribution in [3.05, 3.63) is 24.5 Å². The van der Waals surface area contributed by atoms with E-state index >= 15 is 0 Å². The van der Waals surface area contributed by atoms with Gasteiger partial charge in [-0.05, 0) is 25.7 Å². The van der Waals surface area contributed by atoms with Crippen LogP contribution in [-0.2, 0) is 6.54 Å². The van der Waals surface area contributed by atoms with Gasteiger partial charge < -0.3 is 0 Å². The van der Waals surface area contributed by atoms with Crippen molar-refractivity contribution in [3.8, 4) is 0 Å². The topological polar surface area (TPSA) is 76.8 Å². The molecule has 2 aromatic heterocycles. The molecule has 3 rings (SSSR count). The Morgan fingerprint density at radius 1 is 1.38 bits per heavy atom. The van der Waals surface area contributed by atoms with Crippen LogP contribution < -0.4 is 10.6 Å². The molecule has 1 atom stereocenters. The Kier molecular flexibility index (Phi) is 4.20. The van der Waals surface area contributed by atoms with Crippen LogP contribution in [0.2, 0.25) is 0 Å². The van der Waals surface area contributed by atoms with Crippen molar-refractivity contribution in [2.24, 2.45) is 5.92 Å². The van der Waals surface area contributed by atoms with Crippen molar-refractivity contribution in [3.63, 3.8) is 0 Å². The minimum Gasteiger partial charge on any atom is -0.292 e. The monoisotopic (exact) mass is 342 g/mol. The predicted molar refractivity (Wildman–Crippen MR) is 80.6 cm³/mol. The van der Waals surface area contributed by atoms with E-state index in [0.717, 1.165) is 23.7 Å². The third kappa shape index (κ3) is 4.06. The maximum absolute atomic E-state index is 12.3. The van der Waals surface area contributed by atoms with E-state index in [-0.39, 0.29) is 11.9 Å². The molecule has 24 heavy (non-hydrogen) atoms. The molecule has 0 aromatic carbocycles. The van der Waals surface area contributed by atoms with Gasteiger partial charge in [0.1, 0.15) is 12.4 Å². The summed E-state index contributed by atoms with van der Waals surface area (Å²) >= 11 is 0. The first kappa shape index (κ1) is 16.3. The molecular formula is C14H17F3N6O. The zero-order valence-electron chi connectivity index (χ0n) is 12.9. The average Bonchev–Trinajstić information content (AvgIpc) is 3.09. The molecule has 1 unspecified atom stereocenters. The van der Waals surface area contributed by atoms with E-state index in [2.05, 4.69) is 20.8 Å². The molecule has 2 N–H and O–H groups in total. The number of rotatable bonds is 5. The van der Waals surface area contributed by atoms with E-state index in [4.69, 9.17) is 0 Å². The number of aromatic nitrogens is 4. The molecule has 0 spiro atoms. The van der Waals surface area contributed by atoms with Gasteiger partial charge in [-0.25, -0.2) is 9.48 Å². The molecule has 1 aliphatic carbocycles. The number of carbonyl (C=O) groups excluding carboxylic acids is 1. The Morgan fingerprint density at radius 2 is 2.12 bits per heavy atom. The quantitative estimate of drug-likeness (QED) is 0.876. The maximum Gasteiger partial charge on any atom is 0.408 e. The molecule has 1 saturated carbocycles. The highest BCUT2D eigenvalue weighted by Crippen LogP contribution is 2.40. The van der Waals surface area contributed by atoms with Crippen molar-refractivity contribution in [1.82, 2.24) is 19.6 Å². The van der Waals surface area contributed by atoms with E-state index in [1.807, 2.05) is 6.92 Å². The molecule has 2 heterocycles. The second kappa shape index (κ2) is 6.17. The number of nitrogens with zero attached hydrogens (tertiary/aromatic N) is 4. The van der Waals surface area contributed by atoms with Gasteiger partial charge in [-0.2, -0.15) is 23.4 Å². The summed E-state index contributed by atoms with van der Waals surface area (Å²) in [5, 5.41) is 12.9. The fourth-order valence-corrected chi connectivity index (χ4v) is 2.48. The fourth-order valence-electron chi connectivity index (χ4n) is 2.48. The first-order valence-electron chi connectivity index (χ1n) is 7.53. The lowest BCUT2D eigenvalue weighted by molar-refractivity contribution is -0.142. The fraction of sp³-hybridized carbons (Fsp3) is 0.500. The van der Waals surface area contributed by atoms with E-state index in [1.165, 1.54) is 6.07 Å². The summed E-state index contributed by atoms with van der Waals surface area (Å²) in [6.07, 6.45) is 0.665. The Bertz CT molecular complexity index is 718. The van der Waals surface area contributed by atoms with Gasteiger partial charge in [0.05, 0.1) is 12.2 Å². The van der Waals surface area contributed by atoms with Crippen molar-refractivity contribution in [2.45, 2.75) is 38.5 Å². The zero-order chi connectivity index (χ0) is 17.3. The third-order valence-corrected chi connectivity index (χ3v) is 3.83. The highest BCUT2D eigenvalue weighted by molar-refractivity contribution is 5.98. The van der Waals surface area contributed by atoms with E-state index in [9.17, 15) is 18.0 Å². The summed E-state index contributed by atoms with van der Waals surface area (Å²) in [7, 11) is 0. The molecule has 2 aromatic rings. The van der Waals surface area contributed by atoms with Gasteiger partial charge >= 0.3 is 12.2 Å². The Balaban J connectivity index is 1.59. The maximum atomic E-state index is 12.3. The smallest absolute Gasteiger partial charge is 0.292 e. The highest BCUT2D eigenvalue weighted by atomic mass is 19.4. The van der Waals surface area contributed by atoms with E-state index in [0.29, 0.717) is 11.7 Å². The normalized spacial score (nSPS) is 16.0. The van der Waals surface area contributed by atoms with Crippen LogP contribution in [0.15, 0.2) is 24.5 Å². The Hall–Kier alpha value is -2.52. The lowest BCUT2D eigenvalue weighted by Crippen LogP contribution is -2.23. The third-order valence-electron chi connectivity index (χ3n) is 3.83. The summed E-state index contributed by atoms with van der Waals surface area (Å²) < 4.78 is 39.3. The van der Waals surface area contributed by atoms with Crippen LogP contribution in [0.4, 0.5) is 29.6 Å². The minimum absolute atomic E-state index is 0.0399. The summed E-state index contributed by atoms with van der Waals surface area (Å²) in [5.74, 6) is 1.13. The van der Waals surface area contributed by atoms with Crippen molar-refractivity contribution >= 4 is 17.7 Å². The number of hydrogen-bond acceptors (Lipinski definition) is 3. The van der Waals surface area contributed by atoms with Crippen molar-refractivity contribution in [2.75, 3.05) is 10.6 Å². The van der Waals surface area contributed by atoms with Gasteiger partial charge in [0.25, 0.3) is 0 Å². The largest absolute Gasteiger partial charge is 0.408 e. The molecule has 0 radical (unpaired) electrons. The summed E-state index contributed by atoms with van der Waals surface area (Å²) in [6, 6.07) is 2.56. The number of anilines is 2. The van der Waals surface area contributed by atoms with Gasteiger partial charge in [-0.1, -0.05) is 0 Å². The van der Waals surface area contributed by atoms with Crippen LogP contribution >= 0.6 is 0 Å². The number of alkyl halides is 3. The van der Waals surface area contributed by atoms with Crippen molar-refractivity contribution in [1.29, 1.82) is 0 Å². The first-order chi connectivity index (χ1) is 11.3. The molecule has 0 saturated heterocycles. The SMILES string of the molecule is CC(C1CC1)n1nccc1NC(=O)Nc1ccn(CC(F)(F)F)n1. The van der Waals surface area contributed by atoms with Crippen LogP contribution in [0.3, 0.4) is 0 Å². The first-order valence-corrected chi connectivity index (χ1v) is 7.53. The highest BCUT2D eigenvalue weighted by Gasteiger charge is 2.31. The summed E-state index contributed by atoms with van der Waals surface area (Å²) in [5.41, 5.74) is 0. The van der Waals surface area contributed by atoms with Crippen molar-refractivity contribution < 1.29 is 18.0 Å². The molecule has 2 amide bonds. The molecule has 0 aliphatic heterocycles. The lowest BCUT2D eigenvalue weighted by atomic mass is 10.2. The van der Waals surface area contributed by atoms with Gasteiger partial charge in [0.2, 0.25) is 0 Å². The van der Waals surface area contributed by atoms with Crippen LogP contribution in [0.1, 0.15) is 25.8 Å². The average molecular weight is 342 g/mol. The number of urea groups is 1. The number of hydrogen-bond donors (Lipinski definition) is 2. The zero-order valence-corrected chi connectivity index (χ0v) is 12.9. The molecular weight excluding hydrogens is 325 g/mol. The molecule has 10 heteroatoms. The number of amides is 2. The number of carbonyl (C=O) groups is 1. The van der Waals surface area contributed by atoms with Gasteiger partial charge in [-0.15, -0.1) is 0 Å². The summed E-state index contributed by atoms with van der Waals surface area (Å²) in [4.78, 5) is 12.0. The minimum atomic E-state index is -4.36. The van der Waals surface area contributed by atoms with Gasteiger partial charge in [0.15, 0.2) is 5.82 Å². The molecule has 1 fully saturated rings. The van der Waals surface area contributed by atoms with Gasteiger partial charge in [0, 0.05) is 18.3 Å². The Morgan fingerprint density at radius 3 is 2.79 bits per heavy atom. The predicted octanol–water partition coefficient (Wildman–Crippen LogP) is 3.26.